The van der Waals surface area contributed by atoms with Crippen LogP contribution in [-0.4, -0.2) is 39.2 Å². The van der Waals surface area contributed by atoms with Gasteiger partial charge in [0.1, 0.15) is 11.6 Å². The molecule has 4 rings (SSSR count). The van der Waals surface area contributed by atoms with Crippen molar-refractivity contribution < 1.29 is 9.53 Å². The molecular weight excluding hydrogens is 304 g/mol. The molecule has 2 aromatic rings. The van der Waals surface area contributed by atoms with Gasteiger partial charge < -0.3 is 14.2 Å². The van der Waals surface area contributed by atoms with Crippen molar-refractivity contribution in [3.05, 3.63) is 41.5 Å². The van der Waals surface area contributed by atoms with Gasteiger partial charge in [0.25, 0.3) is 0 Å². The van der Waals surface area contributed by atoms with Crippen LogP contribution in [0.15, 0.2) is 24.3 Å². The molecule has 0 spiro atoms. The Morgan fingerprint density at radius 1 is 1.25 bits per heavy atom. The van der Waals surface area contributed by atoms with Gasteiger partial charge in [0.2, 0.25) is 5.91 Å². The van der Waals surface area contributed by atoms with E-state index in [0.29, 0.717) is 12.5 Å². The Kier molecular flexibility index (Phi) is 3.75. The van der Waals surface area contributed by atoms with Crippen LogP contribution in [0.4, 0.5) is 0 Å². The lowest BCUT2D eigenvalue weighted by Gasteiger charge is -2.28. The molecule has 2 heterocycles. The zero-order chi connectivity index (χ0) is 16.7. The maximum Gasteiger partial charge on any atom is 0.226 e. The van der Waals surface area contributed by atoms with Crippen molar-refractivity contribution in [2.24, 2.45) is 5.92 Å². The number of amides is 1. The number of aromatic nitrogens is 3. The predicted molar refractivity (Wildman–Crippen MR) is 88.7 cm³/mol. The summed E-state index contributed by atoms with van der Waals surface area (Å²) in [5, 5.41) is 8.45. The Hall–Kier alpha value is -2.37. The van der Waals surface area contributed by atoms with E-state index in [1.54, 1.807) is 7.11 Å². The molecule has 1 aromatic carbocycles. The van der Waals surface area contributed by atoms with Crippen molar-refractivity contribution in [3.63, 3.8) is 0 Å². The topological polar surface area (TPSA) is 60.2 Å². The summed E-state index contributed by atoms with van der Waals surface area (Å²) >= 11 is 0. The van der Waals surface area contributed by atoms with Gasteiger partial charge in [0.05, 0.1) is 13.7 Å². The van der Waals surface area contributed by atoms with Gasteiger partial charge in [-0.05, 0) is 30.0 Å². The fourth-order valence-corrected chi connectivity index (χ4v) is 3.59. The highest BCUT2D eigenvalue weighted by molar-refractivity contribution is 5.83. The van der Waals surface area contributed by atoms with Gasteiger partial charge in [-0.25, -0.2) is 0 Å². The Morgan fingerprint density at radius 3 is 2.75 bits per heavy atom. The molecule has 1 amide bonds. The number of hydrogen-bond donors (Lipinski definition) is 0. The van der Waals surface area contributed by atoms with Crippen molar-refractivity contribution in [2.45, 2.75) is 38.8 Å². The molecule has 1 saturated carbocycles. The number of carbonyl (C=O) groups is 1. The highest BCUT2D eigenvalue weighted by atomic mass is 16.5. The Bertz CT molecular complexity index is 753. The second-order valence-corrected chi connectivity index (χ2v) is 6.52. The Balaban J connectivity index is 1.42. The summed E-state index contributed by atoms with van der Waals surface area (Å²) in [7, 11) is 1.66. The van der Waals surface area contributed by atoms with E-state index in [1.807, 2.05) is 17.0 Å². The second kappa shape index (κ2) is 5.92. The lowest BCUT2D eigenvalue weighted by Crippen LogP contribution is -2.39. The molecule has 6 heteroatoms. The van der Waals surface area contributed by atoms with Crippen LogP contribution in [0.1, 0.15) is 36.5 Å². The molecule has 0 saturated heterocycles. The van der Waals surface area contributed by atoms with Crippen LogP contribution < -0.4 is 4.74 Å². The van der Waals surface area contributed by atoms with Crippen LogP contribution in [0.2, 0.25) is 0 Å². The van der Waals surface area contributed by atoms with E-state index in [-0.39, 0.29) is 11.8 Å². The summed E-state index contributed by atoms with van der Waals surface area (Å²) in [6, 6.07) is 8.06. The molecule has 126 valence electrons. The van der Waals surface area contributed by atoms with Crippen LogP contribution in [-0.2, 0) is 24.3 Å². The monoisotopic (exact) mass is 326 g/mol. The molecule has 0 bridgehead atoms. The number of ether oxygens (including phenoxy) is 1. The van der Waals surface area contributed by atoms with Crippen molar-refractivity contribution in [1.82, 2.24) is 19.7 Å². The SMILES string of the molecule is CCc1nnc2n1CCN(C(=O)[C@@H]1C[C@@H]1c1ccc(OC)cc1)C2. The average molecular weight is 326 g/mol. The van der Waals surface area contributed by atoms with Crippen LogP contribution in [0.5, 0.6) is 5.75 Å². The maximum atomic E-state index is 12.8. The third-order valence-electron chi connectivity index (χ3n) is 5.11. The number of carbonyl (C=O) groups excluding carboxylic acids is 1. The van der Waals surface area contributed by atoms with E-state index in [9.17, 15) is 4.79 Å². The highest BCUT2D eigenvalue weighted by Gasteiger charge is 2.46. The van der Waals surface area contributed by atoms with Crippen molar-refractivity contribution in [2.75, 3.05) is 13.7 Å². The summed E-state index contributed by atoms with van der Waals surface area (Å²) in [6.07, 6.45) is 1.82. The molecule has 2 aliphatic rings. The Labute approximate surface area is 141 Å². The van der Waals surface area contributed by atoms with E-state index < -0.39 is 0 Å². The summed E-state index contributed by atoms with van der Waals surface area (Å²) in [5.41, 5.74) is 1.22. The smallest absolute Gasteiger partial charge is 0.226 e. The number of aryl methyl sites for hydroxylation is 1. The standard InChI is InChI=1S/C18H22N4O2/c1-3-16-19-20-17-11-21(8-9-22(16)17)18(23)15-10-14(15)12-4-6-13(24-2)7-5-12/h4-7,14-15H,3,8-11H2,1-2H3/t14-,15-/m1/s1. The summed E-state index contributed by atoms with van der Waals surface area (Å²) in [4.78, 5) is 14.7. The molecule has 1 fully saturated rings. The van der Waals surface area contributed by atoms with Crippen molar-refractivity contribution >= 4 is 5.91 Å². The molecule has 1 aliphatic carbocycles. The number of rotatable bonds is 4. The molecule has 24 heavy (non-hydrogen) atoms. The normalized spacial score (nSPS) is 22.2. The Morgan fingerprint density at radius 2 is 2.04 bits per heavy atom. The zero-order valence-corrected chi connectivity index (χ0v) is 14.1. The lowest BCUT2D eigenvalue weighted by molar-refractivity contribution is -0.134. The second-order valence-electron chi connectivity index (χ2n) is 6.52. The van der Waals surface area contributed by atoms with Crippen LogP contribution in [0.3, 0.4) is 0 Å². The molecule has 0 radical (unpaired) electrons. The molecule has 1 aliphatic heterocycles. The van der Waals surface area contributed by atoms with Crippen molar-refractivity contribution in [1.29, 1.82) is 0 Å². The average Bonchev–Trinajstić information content (AvgIpc) is 3.33. The molecule has 2 atom stereocenters. The molecular formula is C18H22N4O2. The molecule has 1 aromatic heterocycles. The molecule has 0 N–H and O–H groups in total. The zero-order valence-electron chi connectivity index (χ0n) is 14.1. The van der Waals surface area contributed by atoms with Gasteiger partial charge in [-0.1, -0.05) is 19.1 Å². The van der Waals surface area contributed by atoms with Gasteiger partial charge in [-0.15, -0.1) is 10.2 Å². The maximum absolute atomic E-state index is 12.8. The van der Waals surface area contributed by atoms with E-state index in [2.05, 4.69) is 33.8 Å². The van der Waals surface area contributed by atoms with E-state index in [4.69, 9.17) is 4.74 Å². The van der Waals surface area contributed by atoms with Gasteiger partial charge in [-0.3, -0.25) is 4.79 Å². The van der Waals surface area contributed by atoms with Crippen molar-refractivity contribution in [3.8, 4) is 5.75 Å². The number of benzene rings is 1. The van der Waals surface area contributed by atoms with Gasteiger partial charge in [0, 0.05) is 25.4 Å². The highest BCUT2D eigenvalue weighted by Crippen LogP contribution is 2.49. The van der Waals surface area contributed by atoms with Gasteiger partial charge in [-0.2, -0.15) is 0 Å². The number of methoxy groups -OCH3 is 1. The quantitative estimate of drug-likeness (QED) is 0.862. The third-order valence-corrected chi connectivity index (χ3v) is 5.11. The summed E-state index contributed by atoms with van der Waals surface area (Å²) in [6.45, 7) is 4.22. The number of hydrogen-bond acceptors (Lipinski definition) is 4. The first-order chi connectivity index (χ1) is 11.7. The van der Waals surface area contributed by atoms with Crippen LogP contribution in [0.25, 0.3) is 0 Å². The first kappa shape index (κ1) is 15.2. The van der Waals surface area contributed by atoms with E-state index >= 15 is 0 Å². The van der Waals surface area contributed by atoms with Gasteiger partial charge >= 0.3 is 0 Å². The minimum Gasteiger partial charge on any atom is -0.497 e. The third kappa shape index (κ3) is 2.56. The lowest BCUT2D eigenvalue weighted by atomic mass is 10.1. The fourth-order valence-electron chi connectivity index (χ4n) is 3.59. The minimum absolute atomic E-state index is 0.110. The summed E-state index contributed by atoms with van der Waals surface area (Å²) < 4.78 is 7.34. The number of fused-ring (bicyclic) bond motifs is 1. The minimum atomic E-state index is 0.110. The van der Waals surface area contributed by atoms with Crippen LogP contribution >= 0.6 is 0 Å². The van der Waals surface area contributed by atoms with Crippen LogP contribution in [0, 0.1) is 5.92 Å². The van der Waals surface area contributed by atoms with E-state index in [0.717, 1.165) is 43.3 Å². The van der Waals surface area contributed by atoms with Gasteiger partial charge in [0.15, 0.2) is 5.82 Å². The largest absolute Gasteiger partial charge is 0.497 e. The molecule has 6 nitrogen and oxygen atoms in total. The fraction of sp³-hybridized carbons (Fsp3) is 0.500. The number of nitrogens with zero attached hydrogens (tertiary/aromatic N) is 4. The summed E-state index contributed by atoms with van der Waals surface area (Å²) in [5.74, 6) is 3.48. The van der Waals surface area contributed by atoms with E-state index in [1.165, 1.54) is 5.56 Å². The molecule has 0 unspecified atom stereocenters. The first-order valence-electron chi connectivity index (χ1n) is 8.55. The predicted octanol–water partition coefficient (Wildman–Crippen LogP) is 2.00. The first-order valence-corrected chi connectivity index (χ1v) is 8.55.